The van der Waals surface area contributed by atoms with E-state index in [9.17, 15) is 9.18 Å². The van der Waals surface area contributed by atoms with Crippen LogP contribution in [-0.4, -0.2) is 35.6 Å². The van der Waals surface area contributed by atoms with E-state index in [0.717, 1.165) is 31.6 Å². The molecule has 7 heteroatoms. The summed E-state index contributed by atoms with van der Waals surface area (Å²) in [6, 6.07) is 7.27. The number of aryl methyl sites for hydroxylation is 1. The molecule has 0 unspecified atom stereocenters. The summed E-state index contributed by atoms with van der Waals surface area (Å²) in [7, 11) is 0. The Hall–Kier alpha value is -2.70. The molecule has 0 aliphatic carbocycles. The van der Waals surface area contributed by atoms with E-state index < -0.39 is 0 Å². The summed E-state index contributed by atoms with van der Waals surface area (Å²) >= 11 is 0. The lowest BCUT2D eigenvalue weighted by molar-refractivity contribution is -0.118. The Morgan fingerprint density at radius 3 is 2.64 bits per heavy atom. The first kappa shape index (κ1) is 17.1. The number of ether oxygens (including phenoxy) is 1. The maximum absolute atomic E-state index is 12.9. The topological polar surface area (TPSA) is 67.3 Å². The van der Waals surface area contributed by atoms with Gasteiger partial charge < -0.3 is 15.0 Å². The van der Waals surface area contributed by atoms with Gasteiger partial charge in [0.05, 0.1) is 0 Å². The lowest BCUT2D eigenvalue weighted by atomic mass is 10.1. The SMILES string of the molecule is Cc1cc(OCC(=O)Nc2ccc(F)cc2)nc(N2CCCCC2)n1. The molecule has 25 heavy (non-hydrogen) atoms. The summed E-state index contributed by atoms with van der Waals surface area (Å²) in [4.78, 5) is 23.0. The summed E-state index contributed by atoms with van der Waals surface area (Å²) in [6.07, 6.45) is 3.50. The van der Waals surface area contributed by atoms with Gasteiger partial charge in [-0.05, 0) is 50.5 Å². The molecule has 0 radical (unpaired) electrons. The van der Waals surface area contributed by atoms with Gasteiger partial charge in [-0.3, -0.25) is 4.79 Å². The summed E-state index contributed by atoms with van der Waals surface area (Å²) < 4.78 is 18.4. The van der Waals surface area contributed by atoms with Crippen LogP contribution >= 0.6 is 0 Å². The second kappa shape index (κ2) is 7.92. The molecule has 1 saturated heterocycles. The van der Waals surface area contributed by atoms with Crippen molar-refractivity contribution in [3.05, 3.63) is 41.8 Å². The molecule has 2 aromatic rings. The highest BCUT2D eigenvalue weighted by molar-refractivity contribution is 5.91. The van der Waals surface area contributed by atoms with E-state index in [4.69, 9.17) is 4.74 Å². The zero-order chi connectivity index (χ0) is 17.6. The van der Waals surface area contributed by atoms with Gasteiger partial charge in [-0.2, -0.15) is 4.98 Å². The Morgan fingerprint density at radius 2 is 1.92 bits per heavy atom. The van der Waals surface area contributed by atoms with Gasteiger partial charge in [0.2, 0.25) is 11.8 Å². The van der Waals surface area contributed by atoms with Crippen molar-refractivity contribution in [2.75, 3.05) is 29.9 Å². The molecular weight excluding hydrogens is 323 g/mol. The first-order valence-electron chi connectivity index (χ1n) is 8.39. The molecule has 1 N–H and O–H groups in total. The number of nitrogens with one attached hydrogen (secondary N) is 1. The number of carbonyl (C=O) groups excluding carboxylic acids is 1. The van der Waals surface area contributed by atoms with Crippen LogP contribution < -0.4 is 15.0 Å². The van der Waals surface area contributed by atoms with E-state index >= 15 is 0 Å². The van der Waals surface area contributed by atoms with Gasteiger partial charge in [-0.15, -0.1) is 0 Å². The first-order valence-corrected chi connectivity index (χ1v) is 8.39. The number of amides is 1. The van der Waals surface area contributed by atoms with E-state index in [1.165, 1.54) is 30.7 Å². The Kier molecular flexibility index (Phi) is 5.42. The minimum absolute atomic E-state index is 0.173. The number of hydrogen-bond acceptors (Lipinski definition) is 5. The van der Waals surface area contributed by atoms with Gasteiger partial charge in [-0.1, -0.05) is 0 Å². The van der Waals surface area contributed by atoms with Crippen LogP contribution in [0.4, 0.5) is 16.0 Å². The average molecular weight is 344 g/mol. The predicted octanol–water partition coefficient (Wildman–Crippen LogP) is 2.93. The average Bonchev–Trinajstić information content (AvgIpc) is 2.62. The van der Waals surface area contributed by atoms with Crippen LogP contribution in [0.2, 0.25) is 0 Å². The van der Waals surface area contributed by atoms with Crippen molar-refractivity contribution in [1.82, 2.24) is 9.97 Å². The molecule has 0 bridgehead atoms. The minimum atomic E-state index is -0.351. The summed E-state index contributed by atoms with van der Waals surface area (Å²) in [5, 5.41) is 2.65. The lowest BCUT2D eigenvalue weighted by Gasteiger charge is -2.26. The Morgan fingerprint density at radius 1 is 1.20 bits per heavy atom. The second-order valence-corrected chi connectivity index (χ2v) is 6.04. The van der Waals surface area contributed by atoms with Crippen molar-refractivity contribution in [2.24, 2.45) is 0 Å². The van der Waals surface area contributed by atoms with Crippen LogP contribution in [0, 0.1) is 12.7 Å². The normalized spacial score (nSPS) is 14.2. The van der Waals surface area contributed by atoms with Crippen molar-refractivity contribution in [3.63, 3.8) is 0 Å². The van der Waals surface area contributed by atoms with Crippen molar-refractivity contribution in [3.8, 4) is 5.88 Å². The standard InChI is InChI=1S/C18H21FN4O2/c1-13-11-17(22-18(20-13)23-9-3-2-4-10-23)25-12-16(24)21-15-7-5-14(19)6-8-15/h5-8,11H,2-4,9-10,12H2,1H3,(H,21,24). The molecule has 1 aliphatic rings. The zero-order valence-electron chi connectivity index (χ0n) is 14.2. The molecular formula is C18H21FN4O2. The molecule has 1 aliphatic heterocycles. The lowest BCUT2D eigenvalue weighted by Crippen LogP contribution is -2.31. The third kappa shape index (κ3) is 4.89. The van der Waals surface area contributed by atoms with Crippen LogP contribution in [0.5, 0.6) is 5.88 Å². The smallest absolute Gasteiger partial charge is 0.262 e. The van der Waals surface area contributed by atoms with Crippen molar-refractivity contribution in [1.29, 1.82) is 0 Å². The number of benzene rings is 1. The summed E-state index contributed by atoms with van der Waals surface area (Å²) in [5.41, 5.74) is 1.31. The molecule has 0 spiro atoms. The molecule has 0 saturated carbocycles. The van der Waals surface area contributed by atoms with Gasteiger partial charge in [0, 0.05) is 30.5 Å². The predicted molar refractivity (Wildman–Crippen MR) is 93.4 cm³/mol. The Bertz CT molecular complexity index is 730. The first-order chi connectivity index (χ1) is 12.1. The van der Waals surface area contributed by atoms with E-state index in [2.05, 4.69) is 20.2 Å². The number of carbonyl (C=O) groups is 1. The highest BCUT2D eigenvalue weighted by atomic mass is 19.1. The van der Waals surface area contributed by atoms with Crippen molar-refractivity contribution >= 4 is 17.5 Å². The number of halogens is 1. The van der Waals surface area contributed by atoms with E-state index in [-0.39, 0.29) is 18.3 Å². The molecule has 1 aromatic carbocycles. The fourth-order valence-corrected chi connectivity index (χ4v) is 2.70. The van der Waals surface area contributed by atoms with Crippen LogP contribution in [0.3, 0.4) is 0 Å². The second-order valence-electron chi connectivity index (χ2n) is 6.04. The van der Waals surface area contributed by atoms with Crippen LogP contribution in [0.15, 0.2) is 30.3 Å². The van der Waals surface area contributed by atoms with E-state index in [1.54, 1.807) is 6.07 Å². The maximum Gasteiger partial charge on any atom is 0.262 e. The molecule has 3 rings (SSSR count). The molecule has 6 nitrogen and oxygen atoms in total. The van der Waals surface area contributed by atoms with Crippen molar-refractivity contribution < 1.29 is 13.9 Å². The number of anilines is 2. The fraction of sp³-hybridized carbons (Fsp3) is 0.389. The molecule has 1 amide bonds. The Balaban J connectivity index is 1.59. The third-order valence-electron chi connectivity index (χ3n) is 3.94. The Labute approximate surface area is 146 Å². The molecule has 2 heterocycles. The van der Waals surface area contributed by atoms with E-state index in [0.29, 0.717) is 17.5 Å². The van der Waals surface area contributed by atoms with Gasteiger partial charge in [0.1, 0.15) is 5.82 Å². The van der Waals surface area contributed by atoms with Gasteiger partial charge in [0.15, 0.2) is 6.61 Å². The van der Waals surface area contributed by atoms with Gasteiger partial charge >= 0.3 is 0 Å². The maximum atomic E-state index is 12.9. The molecule has 1 aromatic heterocycles. The summed E-state index contributed by atoms with van der Waals surface area (Å²) in [6.45, 7) is 3.58. The largest absolute Gasteiger partial charge is 0.467 e. The number of hydrogen-bond donors (Lipinski definition) is 1. The molecule has 1 fully saturated rings. The van der Waals surface area contributed by atoms with Gasteiger partial charge in [-0.25, -0.2) is 9.37 Å². The number of aromatic nitrogens is 2. The van der Waals surface area contributed by atoms with Crippen LogP contribution in [0.1, 0.15) is 25.0 Å². The zero-order valence-corrected chi connectivity index (χ0v) is 14.2. The highest BCUT2D eigenvalue weighted by Gasteiger charge is 2.15. The monoisotopic (exact) mass is 344 g/mol. The third-order valence-corrected chi connectivity index (χ3v) is 3.94. The number of rotatable bonds is 5. The highest BCUT2D eigenvalue weighted by Crippen LogP contribution is 2.19. The van der Waals surface area contributed by atoms with Crippen LogP contribution in [-0.2, 0) is 4.79 Å². The minimum Gasteiger partial charge on any atom is -0.467 e. The quantitative estimate of drug-likeness (QED) is 0.903. The number of piperidine rings is 1. The fourth-order valence-electron chi connectivity index (χ4n) is 2.70. The molecule has 0 atom stereocenters. The summed E-state index contributed by atoms with van der Waals surface area (Å²) in [5.74, 6) is 0.342. The van der Waals surface area contributed by atoms with E-state index in [1.807, 2.05) is 6.92 Å². The number of nitrogens with zero attached hydrogens (tertiary/aromatic N) is 3. The van der Waals surface area contributed by atoms with Crippen molar-refractivity contribution in [2.45, 2.75) is 26.2 Å². The van der Waals surface area contributed by atoms with Gasteiger partial charge in [0.25, 0.3) is 5.91 Å². The molecule has 132 valence electrons. The van der Waals surface area contributed by atoms with Crippen LogP contribution in [0.25, 0.3) is 0 Å².